The lowest BCUT2D eigenvalue weighted by atomic mass is 9.78. The van der Waals surface area contributed by atoms with Gasteiger partial charge in [0, 0.05) is 76.2 Å². The number of carboxylic acids is 1. The van der Waals surface area contributed by atoms with E-state index >= 15 is 0 Å². The van der Waals surface area contributed by atoms with Gasteiger partial charge in [0.2, 0.25) is 0 Å². The van der Waals surface area contributed by atoms with Crippen LogP contribution in [0.5, 0.6) is 0 Å². The number of fused-ring (bicyclic) bond motifs is 5. The summed E-state index contributed by atoms with van der Waals surface area (Å²) in [5.74, 6) is -4.94. The Labute approximate surface area is 360 Å². The van der Waals surface area contributed by atoms with Crippen LogP contribution < -0.4 is 5.32 Å². The molecule has 0 aromatic heterocycles. The third kappa shape index (κ3) is 8.26. The number of ether oxygens (including phenoxy) is 8. The molecule has 0 aromatic rings. The molecule has 20 atom stereocenters. The van der Waals surface area contributed by atoms with Crippen LogP contribution in [0.25, 0.3) is 0 Å². The van der Waals surface area contributed by atoms with Gasteiger partial charge in [0.1, 0.15) is 17.9 Å². The van der Waals surface area contributed by atoms with E-state index in [0.29, 0.717) is 74.7 Å². The van der Waals surface area contributed by atoms with E-state index in [-0.39, 0.29) is 49.3 Å². The molecule has 0 amide bonds. The monoisotopic (exact) mass is 857 g/mol. The van der Waals surface area contributed by atoms with E-state index in [1.807, 2.05) is 25.2 Å². The number of aliphatic carboxylic acids is 1. The molecule has 5 N–H and O–H groups in total. The lowest BCUT2D eigenvalue weighted by Crippen LogP contribution is -2.61. The number of piperidine rings is 1. The maximum Gasteiger partial charge on any atom is 0.303 e. The first-order valence-electron chi connectivity index (χ1n) is 23.3. The topological polar surface area (TPSA) is 184 Å². The molecule has 0 unspecified atom stereocenters. The first-order chi connectivity index (χ1) is 28.8. The van der Waals surface area contributed by atoms with E-state index in [0.717, 1.165) is 31.4 Å². The molecular formula is C47H71NO13. The SMILES string of the molecule is C=C(C[C@@]12C[C@@H](C)C[C@@H](O1)[C@H]1O[C@]3(C[C@H]1O2)NC[C@H](C)C[C@@H]3C)[C@H]1O[C@@](O)([C@H](O)[C@@H]2C[C@H]3O[C@@]4(CC[C@]5(CC(C)=C[C@@H](/C=C/CCC(=O)O)O5)O4)[C@H](C)C[C@H]3O2)C[C@H](O)[C@@H]1C. The summed E-state index contributed by atoms with van der Waals surface area (Å²) in [6, 6.07) is 0. The minimum absolute atomic E-state index is 0.0545. The summed E-state index contributed by atoms with van der Waals surface area (Å²) >= 11 is 0. The molecule has 9 aliphatic rings. The van der Waals surface area contributed by atoms with Crippen molar-refractivity contribution in [2.75, 3.05) is 6.54 Å². The summed E-state index contributed by atoms with van der Waals surface area (Å²) in [5.41, 5.74) is 1.33. The smallest absolute Gasteiger partial charge is 0.303 e. The van der Waals surface area contributed by atoms with E-state index < -0.39 is 71.3 Å². The first-order valence-corrected chi connectivity index (χ1v) is 23.3. The van der Waals surface area contributed by atoms with Crippen molar-refractivity contribution in [3.05, 3.63) is 36.0 Å². The predicted octanol–water partition coefficient (Wildman–Crippen LogP) is 5.37. The fourth-order valence-electron chi connectivity index (χ4n) is 12.8. The van der Waals surface area contributed by atoms with Crippen LogP contribution in [0.1, 0.15) is 125 Å². The van der Waals surface area contributed by atoms with Crippen molar-refractivity contribution in [2.24, 2.45) is 29.6 Å². The Morgan fingerprint density at radius 1 is 0.918 bits per heavy atom. The Kier molecular flexibility index (Phi) is 11.8. The minimum atomic E-state index is -2.12. The van der Waals surface area contributed by atoms with Crippen LogP contribution >= 0.6 is 0 Å². The molecule has 0 radical (unpaired) electrons. The van der Waals surface area contributed by atoms with Crippen molar-refractivity contribution in [1.82, 2.24) is 5.32 Å². The molecule has 9 rings (SSSR count). The number of aliphatic hydroxyl groups is 3. The maximum atomic E-state index is 12.2. The van der Waals surface area contributed by atoms with Gasteiger partial charge in [-0.15, -0.1) is 0 Å². The van der Waals surface area contributed by atoms with E-state index in [2.05, 4.69) is 46.5 Å². The molecule has 2 bridgehead atoms. The highest BCUT2D eigenvalue weighted by Crippen LogP contribution is 2.56. The van der Waals surface area contributed by atoms with Crippen molar-refractivity contribution < 1.29 is 63.1 Å². The molecule has 0 aromatic carbocycles. The zero-order valence-corrected chi connectivity index (χ0v) is 37.0. The van der Waals surface area contributed by atoms with Crippen molar-refractivity contribution in [3.8, 4) is 0 Å². The molecule has 14 nitrogen and oxygen atoms in total. The van der Waals surface area contributed by atoms with E-state index in [9.17, 15) is 20.1 Å². The summed E-state index contributed by atoms with van der Waals surface area (Å²) in [7, 11) is 0. The quantitative estimate of drug-likeness (QED) is 0.187. The van der Waals surface area contributed by atoms with Crippen molar-refractivity contribution in [1.29, 1.82) is 0 Å². The summed E-state index contributed by atoms with van der Waals surface area (Å²) in [5, 5.41) is 48.4. The standard InChI is InChI=1S/C47H71NO13/c1-25-15-32(10-8-9-11-39(50)51)55-43(19-25)12-13-47(61-43)30(6)17-34-35(58-47)18-37(54-34)42(52)46(53)22-33(49)31(7)40(60-46)28(4)21-44-20-26(2)16-36(56-44)41-38(57-44)23-45(59-41)29(5)14-27(3)24-48-45/h8,10,15,26-27,29-38,40-42,48-49,52-53H,4,9,11-14,16-24H2,1-3,5-7H3,(H,50,51)/b10-8+/t26-,27+,29-,30+,31-,32+,33-,34+,35+,36+,37-,38+,40+,41+,42+,43+,44-,45-,46+,47+/m0/s1. The van der Waals surface area contributed by atoms with Crippen molar-refractivity contribution >= 4 is 5.97 Å². The first kappa shape index (κ1) is 44.4. The Hall–Kier alpha value is -1.79. The highest BCUT2D eigenvalue weighted by Gasteiger charge is 2.64. The average molecular weight is 858 g/mol. The van der Waals surface area contributed by atoms with Gasteiger partial charge < -0.3 is 58.3 Å². The van der Waals surface area contributed by atoms with Crippen LogP contribution in [0, 0.1) is 29.6 Å². The second-order valence-corrected chi connectivity index (χ2v) is 21.1. The molecule has 0 saturated carbocycles. The second kappa shape index (κ2) is 16.3. The number of carbonyl (C=O) groups is 1. The number of aliphatic hydroxyl groups excluding tert-OH is 2. The third-order valence-corrected chi connectivity index (χ3v) is 15.9. The van der Waals surface area contributed by atoms with E-state index in [1.165, 1.54) is 0 Å². The van der Waals surface area contributed by atoms with Gasteiger partial charge in [-0.25, -0.2) is 0 Å². The molecule has 9 heterocycles. The zero-order valence-electron chi connectivity index (χ0n) is 37.0. The van der Waals surface area contributed by atoms with Gasteiger partial charge >= 0.3 is 5.97 Å². The van der Waals surface area contributed by atoms with Crippen molar-refractivity contribution in [2.45, 2.75) is 215 Å². The summed E-state index contributed by atoms with van der Waals surface area (Å²) < 4.78 is 53.9. The molecular weight excluding hydrogens is 787 g/mol. The van der Waals surface area contributed by atoms with Crippen LogP contribution in [-0.4, -0.2) is 123 Å². The fourth-order valence-corrected chi connectivity index (χ4v) is 12.8. The number of carboxylic acid groups (broad SMARTS) is 1. The molecule has 3 spiro atoms. The average Bonchev–Trinajstić information content (AvgIpc) is 3.86. The van der Waals surface area contributed by atoms with Gasteiger partial charge in [0.05, 0.1) is 48.8 Å². The maximum absolute atomic E-state index is 12.2. The van der Waals surface area contributed by atoms with Gasteiger partial charge in [0.25, 0.3) is 0 Å². The molecule has 342 valence electrons. The number of hydrogen-bond acceptors (Lipinski definition) is 13. The lowest BCUT2D eigenvalue weighted by molar-refractivity contribution is -0.367. The molecule has 8 saturated heterocycles. The molecule has 14 heteroatoms. The minimum Gasteiger partial charge on any atom is -0.481 e. The van der Waals surface area contributed by atoms with Crippen LogP contribution in [0.4, 0.5) is 0 Å². The fraction of sp³-hybridized carbons (Fsp3) is 0.851. The summed E-state index contributed by atoms with van der Waals surface area (Å²) in [6.07, 6.45) is 6.93. The normalized spacial score (nSPS) is 52.4. The number of nitrogens with one attached hydrogen (secondary N) is 1. The second-order valence-electron chi connectivity index (χ2n) is 21.1. The molecule has 9 aliphatic heterocycles. The van der Waals surface area contributed by atoms with Gasteiger partial charge in [-0.3, -0.25) is 10.1 Å². The third-order valence-electron chi connectivity index (χ3n) is 15.9. The molecule has 61 heavy (non-hydrogen) atoms. The van der Waals surface area contributed by atoms with Crippen molar-refractivity contribution in [3.63, 3.8) is 0 Å². The number of allylic oxidation sites excluding steroid dienone is 1. The van der Waals surface area contributed by atoms with Crippen LogP contribution in [0.15, 0.2) is 36.0 Å². The Morgan fingerprint density at radius 3 is 2.48 bits per heavy atom. The van der Waals surface area contributed by atoms with E-state index in [4.69, 9.17) is 43.0 Å². The van der Waals surface area contributed by atoms with E-state index in [1.54, 1.807) is 0 Å². The van der Waals surface area contributed by atoms with Gasteiger partial charge in [0.15, 0.2) is 23.1 Å². The summed E-state index contributed by atoms with van der Waals surface area (Å²) in [4.78, 5) is 11.0. The molecule has 8 fully saturated rings. The zero-order chi connectivity index (χ0) is 43.3. The van der Waals surface area contributed by atoms with Crippen LogP contribution in [-0.2, 0) is 42.7 Å². The van der Waals surface area contributed by atoms with Gasteiger partial charge in [-0.2, -0.15) is 0 Å². The van der Waals surface area contributed by atoms with Crippen LogP contribution in [0.3, 0.4) is 0 Å². The molecule has 0 aliphatic carbocycles. The Morgan fingerprint density at radius 2 is 1.70 bits per heavy atom. The van der Waals surface area contributed by atoms with Gasteiger partial charge in [-0.1, -0.05) is 65.0 Å². The number of hydrogen-bond donors (Lipinski definition) is 5. The number of rotatable bonds is 9. The van der Waals surface area contributed by atoms with Crippen LogP contribution in [0.2, 0.25) is 0 Å². The Bertz CT molecular complexity index is 1740. The van der Waals surface area contributed by atoms with Gasteiger partial charge in [-0.05, 0) is 55.9 Å². The Balaban J connectivity index is 0.849. The highest BCUT2D eigenvalue weighted by atomic mass is 16.8. The largest absolute Gasteiger partial charge is 0.481 e. The highest BCUT2D eigenvalue weighted by molar-refractivity contribution is 5.66. The summed E-state index contributed by atoms with van der Waals surface area (Å²) in [6.45, 7) is 18.2. The lowest BCUT2D eigenvalue weighted by Gasteiger charge is -2.53. The predicted molar refractivity (Wildman–Crippen MR) is 220 cm³/mol.